The van der Waals surface area contributed by atoms with E-state index in [1.165, 1.54) is 0 Å². The molecule has 0 radical (unpaired) electrons. The van der Waals surface area contributed by atoms with Crippen LogP contribution in [0.3, 0.4) is 0 Å². The molecule has 0 bridgehead atoms. The number of rotatable bonds is 4. The first-order chi connectivity index (χ1) is 7.32. The van der Waals surface area contributed by atoms with Crippen LogP contribution in [0, 0.1) is 5.92 Å². The zero-order chi connectivity index (χ0) is 12.3. The Bertz CT molecular complexity index is 338. The molecule has 1 saturated heterocycles. The van der Waals surface area contributed by atoms with Crippen molar-refractivity contribution in [3.8, 4) is 0 Å². The molecule has 94 valence electrons. The van der Waals surface area contributed by atoms with Crippen molar-refractivity contribution in [2.24, 2.45) is 5.92 Å². The Morgan fingerprint density at radius 1 is 1.31 bits per heavy atom. The van der Waals surface area contributed by atoms with Crippen LogP contribution in [0.2, 0.25) is 0 Å². The van der Waals surface area contributed by atoms with Gasteiger partial charge in [-0.2, -0.15) is 0 Å². The maximum atomic E-state index is 11.2. The lowest BCUT2D eigenvalue weighted by Crippen LogP contribution is -2.45. The van der Waals surface area contributed by atoms with E-state index in [0.29, 0.717) is 12.8 Å². The molecular formula is C10H19NO4S. The standard InChI is InChI=1S/C10H19NO4S/c1-7(10(12)13)8(2)11-9-3-5-16(14,15)6-4-9/h7-9,11H,3-6H2,1-2H3,(H,12,13). The van der Waals surface area contributed by atoms with E-state index in [2.05, 4.69) is 5.32 Å². The van der Waals surface area contributed by atoms with E-state index in [0.717, 1.165) is 0 Å². The van der Waals surface area contributed by atoms with Crippen molar-refractivity contribution in [2.75, 3.05) is 11.5 Å². The number of aliphatic carboxylic acids is 1. The molecule has 16 heavy (non-hydrogen) atoms. The summed E-state index contributed by atoms with van der Waals surface area (Å²) in [5, 5.41) is 12.0. The van der Waals surface area contributed by atoms with Crippen LogP contribution in [0.25, 0.3) is 0 Å². The number of nitrogens with one attached hydrogen (secondary N) is 1. The molecule has 0 aromatic rings. The highest BCUT2D eigenvalue weighted by Gasteiger charge is 2.27. The summed E-state index contributed by atoms with van der Waals surface area (Å²) >= 11 is 0. The highest BCUT2D eigenvalue weighted by Crippen LogP contribution is 2.14. The summed E-state index contributed by atoms with van der Waals surface area (Å²) in [6.45, 7) is 3.47. The van der Waals surface area contributed by atoms with Gasteiger partial charge in [-0.15, -0.1) is 0 Å². The molecule has 0 spiro atoms. The van der Waals surface area contributed by atoms with Crippen LogP contribution in [0.15, 0.2) is 0 Å². The van der Waals surface area contributed by atoms with Gasteiger partial charge in [0.2, 0.25) is 0 Å². The maximum absolute atomic E-state index is 11.2. The number of hydrogen-bond acceptors (Lipinski definition) is 4. The number of carbonyl (C=O) groups is 1. The third-order valence-corrected chi connectivity index (χ3v) is 4.91. The molecule has 0 aromatic carbocycles. The van der Waals surface area contributed by atoms with Gasteiger partial charge in [-0.25, -0.2) is 8.42 Å². The van der Waals surface area contributed by atoms with E-state index in [1.807, 2.05) is 6.92 Å². The molecule has 1 heterocycles. The topological polar surface area (TPSA) is 83.5 Å². The van der Waals surface area contributed by atoms with Gasteiger partial charge in [0.25, 0.3) is 0 Å². The van der Waals surface area contributed by atoms with E-state index in [1.54, 1.807) is 6.92 Å². The van der Waals surface area contributed by atoms with Gasteiger partial charge < -0.3 is 10.4 Å². The molecular weight excluding hydrogens is 230 g/mol. The third kappa shape index (κ3) is 3.75. The zero-order valence-electron chi connectivity index (χ0n) is 9.64. The number of carboxylic acids is 1. The minimum Gasteiger partial charge on any atom is -0.481 e. The largest absolute Gasteiger partial charge is 0.481 e. The van der Waals surface area contributed by atoms with Crippen molar-refractivity contribution in [1.82, 2.24) is 5.32 Å². The van der Waals surface area contributed by atoms with Gasteiger partial charge in [0.1, 0.15) is 9.84 Å². The second-order valence-corrected chi connectivity index (χ2v) is 6.81. The van der Waals surface area contributed by atoms with Crippen LogP contribution < -0.4 is 5.32 Å². The van der Waals surface area contributed by atoms with Gasteiger partial charge in [0.15, 0.2) is 0 Å². The summed E-state index contributed by atoms with van der Waals surface area (Å²) in [6.07, 6.45) is 1.16. The lowest BCUT2D eigenvalue weighted by atomic mass is 10.0. The van der Waals surface area contributed by atoms with Crippen molar-refractivity contribution in [3.63, 3.8) is 0 Å². The smallest absolute Gasteiger partial charge is 0.307 e. The molecule has 0 aromatic heterocycles. The SMILES string of the molecule is CC(NC1CCS(=O)(=O)CC1)C(C)C(=O)O. The van der Waals surface area contributed by atoms with Crippen LogP contribution >= 0.6 is 0 Å². The summed E-state index contributed by atoms with van der Waals surface area (Å²) in [6, 6.07) is -0.0105. The third-order valence-electron chi connectivity index (χ3n) is 3.19. The molecule has 2 N–H and O–H groups in total. The van der Waals surface area contributed by atoms with Crippen molar-refractivity contribution in [2.45, 2.75) is 38.8 Å². The Balaban J connectivity index is 2.42. The predicted molar refractivity (Wildman–Crippen MR) is 61.1 cm³/mol. The Labute approximate surface area is 96.1 Å². The molecule has 0 amide bonds. The van der Waals surface area contributed by atoms with Crippen LogP contribution in [-0.2, 0) is 14.6 Å². The molecule has 2 atom stereocenters. The molecule has 1 aliphatic rings. The molecule has 5 nitrogen and oxygen atoms in total. The monoisotopic (exact) mass is 249 g/mol. The lowest BCUT2D eigenvalue weighted by molar-refractivity contribution is -0.142. The molecule has 0 saturated carbocycles. The fourth-order valence-corrected chi connectivity index (χ4v) is 3.28. The van der Waals surface area contributed by atoms with Gasteiger partial charge >= 0.3 is 5.97 Å². The molecule has 1 aliphatic heterocycles. The molecule has 0 aliphatic carbocycles. The van der Waals surface area contributed by atoms with Crippen molar-refractivity contribution >= 4 is 15.8 Å². The summed E-state index contributed by atoms with van der Waals surface area (Å²) in [4.78, 5) is 10.7. The summed E-state index contributed by atoms with van der Waals surface area (Å²) < 4.78 is 22.4. The lowest BCUT2D eigenvalue weighted by Gasteiger charge is -2.28. The quantitative estimate of drug-likeness (QED) is 0.747. The summed E-state index contributed by atoms with van der Waals surface area (Å²) in [5.74, 6) is -0.875. The molecule has 1 rings (SSSR count). The van der Waals surface area contributed by atoms with Crippen molar-refractivity contribution < 1.29 is 18.3 Å². The Morgan fingerprint density at radius 2 is 1.81 bits per heavy atom. The zero-order valence-corrected chi connectivity index (χ0v) is 10.5. The second kappa shape index (κ2) is 5.14. The minimum absolute atomic E-state index is 0.125. The van der Waals surface area contributed by atoms with E-state index >= 15 is 0 Å². The van der Waals surface area contributed by atoms with Crippen molar-refractivity contribution in [1.29, 1.82) is 0 Å². The van der Waals surface area contributed by atoms with Gasteiger partial charge in [-0.1, -0.05) is 6.92 Å². The van der Waals surface area contributed by atoms with Gasteiger partial charge in [0, 0.05) is 12.1 Å². The number of carboxylic acid groups (broad SMARTS) is 1. The normalized spacial score (nSPS) is 24.9. The Kier molecular flexibility index (Phi) is 4.32. The van der Waals surface area contributed by atoms with E-state index in [-0.39, 0.29) is 23.6 Å². The average molecular weight is 249 g/mol. The van der Waals surface area contributed by atoms with Crippen LogP contribution in [0.5, 0.6) is 0 Å². The Morgan fingerprint density at radius 3 is 2.25 bits per heavy atom. The van der Waals surface area contributed by atoms with Gasteiger partial charge in [-0.05, 0) is 19.8 Å². The highest BCUT2D eigenvalue weighted by atomic mass is 32.2. The highest BCUT2D eigenvalue weighted by molar-refractivity contribution is 7.91. The maximum Gasteiger partial charge on any atom is 0.307 e. The summed E-state index contributed by atoms with van der Waals surface area (Å²) in [7, 11) is -2.84. The van der Waals surface area contributed by atoms with Crippen molar-refractivity contribution in [3.05, 3.63) is 0 Å². The fraction of sp³-hybridized carbons (Fsp3) is 0.900. The average Bonchev–Trinajstić information content (AvgIpc) is 2.19. The minimum atomic E-state index is -2.84. The fourth-order valence-electron chi connectivity index (χ4n) is 1.79. The van der Waals surface area contributed by atoms with E-state index in [9.17, 15) is 13.2 Å². The van der Waals surface area contributed by atoms with Crippen LogP contribution in [0.4, 0.5) is 0 Å². The molecule has 1 fully saturated rings. The van der Waals surface area contributed by atoms with Gasteiger partial charge in [0.05, 0.1) is 17.4 Å². The first-order valence-electron chi connectivity index (χ1n) is 5.51. The predicted octanol–water partition coefficient (Wildman–Crippen LogP) is 0.262. The first kappa shape index (κ1) is 13.4. The molecule has 2 unspecified atom stereocenters. The van der Waals surface area contributed by atoms with E-state index in [4.69, 9.17) is 5.11 Å². The van der Waals surface area contributed by atoms with Crippen LogP contribution in [-0.4, -0.2) is 43.1 Å². The summed E-state index contributed by atoms with van der Waals surface area (Å²) in [5.41, 5.74) is 0. The van der Waals surface area contributed by atoms with Crippen LogP contribution in [0.1, 0.15) is 26.7 Å². The number of sulfone groups is 1. The Hall–Kier alpha value is -0.620. The first-order valence-corrected chi connectivity index (χ1v) is 7.33. The number of hydrogen-bond donors (Lipinski definition) is 2. The molecule has 6 heteroatoms. The van der Waals surface area contributed by atoms with Gasteiger partial charge in [-0.3, -0.25) is 4.79 Å². The second-order valence-electron chi connectivity index (χ2n) is 4.51. The van der Waals surface area contributed by atoms with E-state index < -0.39 is 21.7 Å².